The summed E-state index contributed by atoms with van der Waals surface area (Å²) in [5, 5.41) is 3.17. The lowest BCUT2D eigenvalue weighted by Crippen LogP contribution is -2.43. The van der Waals surface area contributed by atoms with Crippen molar-refractivity contribution in [2.45, 2.75) is 12.5 Å². The van der Waals surface area contributed by atoms with Crippen molar-refractivity contribution in [3.63, 3.8) is 0 Å². The van der Waals surface area contributed by atoms with Crippen molar-refractivity contribution in [1.29, 1.82) is 0 Å². The maximum atomic E-state index is 12.5. The summed E-state index contributed by atoms with van der Waals surface area (Å²) in [4.78, 5) is 14.9. The van der Waals surface area contributed by atoms with E-state index in [0.29, 0.717) is 28.7 Å². The van der Waals surface area contributed by atoms with Gasteiger partial charge < -0.3 is 19.7 Å². The molecule has 5 heteroatoms. The fourth-order valence-electron chi connectivity index (χ4n) is 3.70. The molecule has 0 spiro atoms. The van der Waals surface area contributed by atoms with Crippen LogP contribution < -0.4 is 14.8 Å². The highest BCUT2D eigenvalue weighted by Gasteiger charge is 2.38. The van der Waals surface area contributed by atoms with E-state index in [1.54, 1.807) is 19.2 Å². The summed E-state index contributed by atoms with van der Waals surface area (Å²) in [7, 11) is 1.61. The fraction of sp³-hybridized carbons (Fsp3) is 0.350. The van der Waals surface area contributed by atoms with E-state index < -0.39 is 0 Å². The second-order valence-electron chi connectivity index (χ2n) is 6.67. The first-order chi connectivity index (χ1) is 12.2. The van der Waals surface area contributed by atoms with Crippen molar-refractivity contribution in [3.8, 4) is 17.2 Å². The number of carbonyl (C=O) groups is 1. The summed E-state index contributed by atoms with van der Waals surface area (Å²) in [6.07, 6.45) is 1.19. The molecule has 1 N–H and O–H groups in total. The van der Waals surface area contributed by atoms with E-state index in [9.17, 15) is 4.79 Å². The number of rotatable bonds is 5. The van der Waals surface area contributed by atoms with Crippen molar-refractivity contribution in [2.24, 2.45) is 5.92 Å². The Hall–Kier alpha value is -2.53. The summed E-state index contributed by atoms with van der Waals surface area (Å²) in [6, 6.07) is 15.0. The minimum Gasteiger partial charge on any atom is -0.493 e. The largest absolute Gasteiger partial charge is 0.493 e. The van der Waals surface area contributed by atoms with Crippen LogP contribution in [0.4, 0.5) is 0 Å². The lowest BCUT2D eigenvalue weighted by molar-refractivity contribution is 0.0924. The zero-order chi connectivity index (χ0) is 17.2. The Morgan fingerprint density at radius 1 is 1.08 bits per heavy atom. The van der Waals surface area contributed by atoms with Gasteiger partial charge in [-0.25, -0.2) is 0 Å². The fourth-order valence-corrected chi connectivity index (χ4v) is 3.70. The highest BCUT2D eigenvalue weighted by molar-refractivity contribution is 5.94. The number of ether oxygens (including phenoxy) is 2. The van der Waals surface area contributed by atoms with Crippen molar-refractivity contribution in [1.82, 2.24) is 10.2 Å². The van der Waals surface area contributed by atoms with Gasteiger partial charge in [0.2, 0.25) is 0 Å². The number of hydrogen-bond acceptors (Lipinski definition) is 4. The lowest BCUT2D eigenvalue weighted by atomic mass is 9.99. The van der Waals surface area contributed by atoms with Gasteiger partial charge in [-0.1, -0.05) is 12.1 Å². The Kier molecular flexibility index (Phi) is 4.32. The minimum absolute atomic E-state index is 0.0115. The van der Waals surface area contributed by atoms with Gasteiger partial charge in [-0.2, -0.15) is 0 Å². The highest BCUT2D eigenvalue weighted by atomic mass is 16.5. The molecular formula is C20H22N2O3. The Labute approximate surface area is 147 Å². The number of amides is 1. The smallest absolute Gasteiger partial charge is 0.251 e. The molecule has 2 aliphatic heterocycles. The molecule has 5 nitrogen and oxygen atoms in total. The Morgan fingerprint density at radius 3 is 2.48 bits per heavy atom. The van der Waals surface area contributed by atoms with Gasteiger partial charge in [0.1, 0.15) is 5.75 Å². The number of nitrogens with one attached hydrogen (secondary N) is 1. The van der Waals surface area contributed by atoms with E-state index in [1.807, 2.05) is 36.4 Å². The predicted octanol–water partition coefficient (Wildman–Crippen LogP) is 2.92. The molecule has 4 rings (SSSR count). The SMILES string of the molecule is COc1ccccc1Oc1ccc(C(=O)NC2CN3CC[C@H]2C3)cc1. The molecule has 2 fully saturated rings. The van der Waals surface area contributed by atoms with E-state index in [4.69, 9.17) is 9.47 Å². The topological polar surface area (TPSA) is 50.8 Å². The molecule has 0 saturated carbocycles. The number of fused-ring (bicyclic) bond motifs is 2. The third-order valence-corrected chi connectivity index (χ3v) is 5.06. The van der Waals surface area contributed by atoms with Crippen LogP contribution in [0.5, 0.6) is 17.2 Å². The van der Waals surface area contributed by atoms with Crippen molar-refractivity contribution in [2.75, 3.05) is 26.7 Å². The van der Waals surface area contributed by atoms with Gasteiger partial charge in [0.15, 0.2) is 11.5 Å². The first-order valence-electron chi connectivity index (χ1n) is 8.67. The summed E-state index contributed by atoms with van der Waals surface area (Å²) < 4.78 is 11.1. The highest BCUT2D eigenvalue weighted by Crippen LogP contribution is 2.31. The van der Waals surface area contributed by atoms with Crippen LogP contribution in [0.2, 0.25) is 0 Å². The monoisotopic (exact) mass is 338 g/mol. The van der Waals surface area contributed by atoms with Gasteiger partial charge >= 0.3 is 0 Å². The molecule has 25 heavy (non-hydrogen) atoms. The normalized spacial score (nSPS) is 24.1. The Bertz CT molecular complexity index is 760. The van der Waals surface area contributed by atoms with Crippen LogP contribution >= 0.6 is 0 Å². The molecule has 2 aromatic rings. The molecule has 2 aromatic carbocycles. The number of methoxy groups -OCH3 is 1. The first kappa shape index (κ1) is 16.0. The molecule has 2 heterocycles. The number of carbonyl (C=O) groups excluding carboxylic acids is 1. The summed E-state index contributed by atoms with van der Waals surface area (Å²) in [5.74, 6) is 2.60. The second kappa shape index (κ2) is 6.76. The molecule has 130 valence electrons. The Balaban J connectivity index is 1.40. The standard InChI is InChI=1S/C20H22N2O3/c1-24-18-4-2-3-5-19(18)25-16-8-6-14(7-9-16)20(23)21-17-13-22-11-10-15(17)12-22/h2-9,15,17H,10-13H2,1H3,(H,21,23)/t15-,17?/m0/s1. The maximum absolute atomic E-state index is 12.5. The van der Waals surface area contributed by atoms with Crippen LogP contribution in [0, 0.1) is 5.92 Å². The number of benzene rings is 2. The third-order valence-electron chi connectivity index (χ3n) is 5.06. The number of para-hydroxylation sites is 2. The lowest BCUT2D eigenvalue weighted by Gasteiger charge is -2.23. The number of hydrogen-bond donors (Lipinski definition) is 1. The zero-order valence-corrected chi connectivity index (χ0v) is 14.3. The summed E-state index contributed by atoms with van der Waals surface area (Å²) in [5.41, 5.74) is 0.658. The molecule has 1 amide bonds. The van der Waals surface area contributed by atoms with Gasteiger partial charge in [-0.15, -0.1) is 0 Å². The van der Waals surface area contributed by atoms with Crippen molar-refractivity contribution in [3.05, 3.63) is 54.1 Å². The summed E-state index contributed by atoms with van der Waals surface area (Å²) in [6.45, 7) is 3.27. The predicted molar refractivity (Wildman–Crippen MR) is 95.3 cm³/mol. The quantitative estimate of drug-likeness (QED) is 0.911. The summed E-state index contributed by atoms with van der Waals surface area (Å²) >= 11 is 0. The minimum atomic E-state index is -0.0115. The first-order valence-corrected chi connectivity index (χ1v) is 8.67. The van der Waals surface area contributed by atoms with Gasteiger partial charge in [-0.05, 0) is 55.3 Å². The van der Waals surface area contributed by atoms with Gasteiger partial charge in [0.05, 0.1) is 7.11 Å². The maximum Gasteiger partial charge on any atom is 0.251 e. The molecule has 0 radical (unpaired) electrons. The second-order valence-corrected chi connectivity index (χ2v) is 6.67. The average molecular weight is 338 g/mol. The van der Waals surface area contributed by atoms with Crippen LogP contribution in [0.25, 0.3) is 0 Å². The molecule has 2 bridgehead atoms. The van der Waals surface area contributed by atoms with Crippen LogP contribution in [0.1, 0.15) is 16.8 Å². The third kappa shape index (κ3) is 3.33. The van der Waals surface area contributed by atoms with E-state index >= 15 is 0 Å². The van der Waals surface area contributed by atoms with Gasteiger partial charge in [0.25, 0.3) is 5.91 Å². The van der Waals surface area contributed by atoms with Crippen LogP contribution in [-0.2, 0) is 0 Å². The van der Waals surface area contributed by atoms with E-state index in [1.165, 1.54) is 13.0 Å². The number of nitrogens with zero attached hydrogens (tertiary/aromatic N) is 1. The molecule has 2 unspecified atom stereocenters. The zero-order valence-electron chi connectivity index (χ0n) is 14.3. The molecular weight excluding hydrogens is 316 g/mol. The molecule has 2 aliphatic rings. The molecule has 3 atom stereocenters. The van der Waals surface area contributed by atoms with Crippen LogP contribution in [-0.4, -0.2) is 43.6 Å². The molecule has 2 saturated heterocycles. The van der Waals surface area contributed by atoms with E-state index in [0.717, 1.165) is 13.1 Å². The van der Waals surface area contributed by atoms with Crippen molar-refractivity contribution >= 4 is 5.91 Å². The average Bonchev–Trinajstić information content (AvgIpc) is 3.26. The van der Waals surface area contributed by atoms with Crippen molar-refractivity contribution < 1.29 is 14.3 Å². The molecule has 0 aromatic heterocycles. The van der Waals surface area contributed by atoms with Crippen LogP contribution in [0.15, 0.2) is 48.5 Å². The van der Waals surface area contributed by atoms with Gasteiger partial charge in [0, 0.05) is 24.7 Å². The Morgan fingerprint density at radius 2 is 1.84 bits per heavy atom. The van der Waals surface area contributed by atoms with Gasteiger partial charge in [-0.3, -0.25) is 4.79 Å². The van der Waals surface area contributed by atoms with Crippen LogP contribution in [0.3, 0.4) is 0 Å². The number of piperidine rings is 1. The molecule has 0 aliphatic carbocycles. The van der Waals surface area contributed by atoms with E-state index in [-0.39, 0.29) is 11.9 Å². The van der Waals surface area contributed by atoms with E-state index in [2.05, 4.69) is 10.2 Å².